The molecule has 2 aliphatic heterocycles. The molecule has 2 fully saturated rings. The number of aromatic nitrogens is 1. The van der Waals surface area contributed by atoms with Crippen LogP contribution in [0.2, 0.25) is 0 Å². The predicted molar refractivity (Wildman–Crippen MR) is 167 cm³/mol. The summed E-state index contributed by atoms with van der Waals surface area (Å²) in [6.07, 6.45) is 1.94. The summed E-state index contributed by atoms with van der Waals surface area (Å²) < 4.78 is 0. The molecule has 0 aliphatic carbocycles. The Morgan fingerprint density at radius 1 is 0.595 bits per heavy atom. The van der Waals surface area contributed by atoms with E-state index in [-0.39, 0.29) is 11.8 Å². The summed E-state index contributed by atoms with van der Waals surface area (Å²) in [4.78, 5) is 38.3. The molecule has 6 nitrogen and oxygen atoms in total. The van der Waals surface area contributed by atoms with Crippen LogP contribution in [0.4, 0.5) is 0 Å². The summed E-state index contributed by atoms with van der Waals surface area (Å²) in [7, 11) is 0. The molecule has 42 heavy (non-hydrogen) atoms. The van der Waals surface area contributed by atoms with E-state index in [1.165, 1.54) is 0 Å². The standard InChI is InChI=1S/C36H38N4O2/c1-26-10-6-8-14-31(26)33-24-29(25-34(37-33)32-15-9-7-11-27(32)2)36(42)40-22-20-38(21-23-40)30-16-18-39(19-17-30)35(41)28-12-4-3-5-13-28/h3-15,24-25,30H,16-23H2,1-2H3. The van der Waals surface area contributed by atoms with E-state index in [1.54, 1.807) is 0 Å². The van der Waals surface area contributed by atoms with Crippen LogP contribution in [0.25, 0.3) is 22.5 Å². The molecule has 3 heterocycles. The van der Waals surface area contributed by atoms with Gasteiger partial charge in [-0.2, -0.15) is 0 Å². The largest absolute Gasteiger partial charge is 0.339 e. The van der Waals surface area contributed by atoms with Crippen molar-refractivity contribution in [3.05, 3.63) is 113 Å². The van der Waals surface area contributed by atoms with Crippen LogP contribution in [-0.2, 0) is 0 Å². The van der Waals surface area contributed by atoms with E-state index in [1.807, 2.05) is 76.5 Å². The molecule has 6 heteroatoms. The molecule has 0 bridgehead atoms. The van der Waals surface area contributed by atoms with Gasteiger partial charge in [0.2, 0.25) is 0 Å². The van der Waals surface area contributed by atoms with Crippen molar-refractivity contribution < 1.29 is 9.59 Å². The predicted octanol–water partition coefficient (Wildman–Crippen LogP) is 6.10. The average Bonchev–Trinajstić information content (AvgIpc) is 3.05. The average molecular weight is 559 g/mol. The van der Waals surface area contributed by atoms with Gasteiger partial charge in [0.15, 0.2) is 0 Å². The summed E-state index contributed by atoms with van der Waals surface area (Å²) in [5.41, 5.74) is 7.46. The van der Waals surface area contributed by atoms with E-state index >= 15 is 0 Å². The normalized spacial score (nSPS) is 16.4. The lowest BCUT2D eigenvalue weighted by Crippen LogP contribution is -2.54. The number of piperazine rings is 1. The lowest BCUT2D eigenvalue weighted by atomic mass is 9.99. The molecular formula is C36H38N4O2. The first-order chi connectivity index (χ1) is 20.5. The number of pyridine rings is 1. The first-order valence-corrected chi connectivity index (χ1v) is 15.0. The van der Waals surface area contributed by atoms with E-state index in [9.17, 15) is 9.59 Å². The third kappa shape index (κ3) is 5.86. The highest BCUT2D eigenvalue weighted by Crippen LogP contribution is 2.29. The van der Waals surface area contributed by atoms with Crippen LogP contribution in [-0.4, -0.2) is 76.8 Å². The second-order valence-electron chi connectivity index (χ2n) is 11.5. The van der Waals surface area contributed by atoms with Gasteiger partial charge in [-0.1, -0.05) is 66.7 Å². The van der Waals surface area contributed by atoms with E-state index in [0.717, 1.165) is 78.2 Å². The van der Waals surface area contributed by atoms with Crippen LogP contribution >= 0.6 is 0 Å². The number of carbonyl (C=O) groups is 2. The third-order valence-corrected chi connectivity index (χ3v) is 8.80. The minimum Gasteiger partial charge on any atom is -0.339 e. The highest BCUT2D eigenvalue weighted by atomic mass is 16.2. The molecule has 0 spiro atoms. The van der Waals surface area contributed by atoms with Gasteiger partial charge in [-0.05, 0) is 62.1 Å². The van der Waals surface area contributed by atoms with Crippen molar-refractivity contribution in [1.82, 2.24) is 19.7 Å². The van der Waals surface area contributed by atoms with E-state index < -0.39 is 0 Å². The molecule has 3 aromatic carbocycles. The summed E-state index contributed by atoms with van der Waals surface area (Å²) in [6, 6.07) is 30.3. The van der Waals surface area contributed by atoms with E-state index in [4.69, 9.17) is 4.98 Å². The number of hydrogen-bond acceptors (Lipinski definition) is 4. The van der Waals surface area contributed by atoms with Gasteiger partial charge in [0.1, 0.15) is 0 Å². The maximum absolute atomic E-state index is 13.9. The molecular weight excluding hydrogens is 520 g/mol. The number of benzene rings is 3. The van der Waals surface area contributed by atoms with Crippen molar-refractivity contribution in [3.63, 3.8) is 0 Å². The summed E-state index contributed by atoms with van der Waals surface area (Å²) in [6.45, 7) is 8.82. The van der Waals surface area contributed by atoms with Gasteiger partial charge in [-0.15, -0.1) is 0 Å². The fourth-order valence-electron chi connectivity index (χ4n) is 6.32. The smallest absolute Gasteiger partial charge is 0.254 e. The van der Waals surface area contributed by atoms with Gasteiger partial charge in [0.05, 0.1) is 11.4 Å². The van der Waals surface area contributed by atoms with Crippen molar-refractivity contribution in [2.24, 2.45) is 0 Å². The number of piperidine rings is 1. The van der Waals surface area contributed by atoms with Crippen molar-refractivity contribution in [2.45, 2.75) is 32.7 Å². The fourth-order valence-corrected chi connectivity index (χ4v) is 6.32. The van der Waals surface area contributed by atoms with Crippen LogP contribution in [0, 0.1) is 13.8 Å². The number of rotatable bonds is 5. The first kappa shape index (κ1) is 27.9. The molecule has 214 valence electrons. The fraction of sp³-hybridized carbons (Fsp3) is 0.306. The zero-order valence-electron chi connectivity index (χ0n) is 24.5. The first-order valence-electron chi connectivity index (χ1n) is 15.0. The third-order valence-electron chi connectivity index (χ3n) is 8.80. The highest BCUT2D eigenvalue weighted by Gasteiger charge is 2.31. The minimum absolute atomic E-state index is 0.0602. The second-order valence-corrected chi connectivity index (χ2v) is 11.5. The molecule has 2 saturated heterocycles. The summed E-state index contributed by atoms with van der Waals surface area (Å²) in [5, 5.41) is 0. The Kier molecular flexibility index (Phi) is 8.15. The second kappa shape index (κ2) is 12.3. The molecule has 1 aromatic heterocycles. The summed E-state index contributed by atoms with van der Waals surface area (Å²) >= 11 is 0. The molecule has 2 amide bonds. The molecule has 0 N–H and O–H groups in total. The molecule has 0 unspecified atom stereocenters. The minimum atomic E-state index is 0.0602. The number of aryl methyl sites for hydroxylation is 2. The Balaban J connectivity index is 1.14. The summed E-state index contributed by atoms with van der Waals surface area (Å²) in [5.74, 6) is 0.182. The van der Waals surface area contributed by atoms with Crippen LogP contribution in [0.5, 0.6) is 0 Å². The van der Waals surface area contributed by atoms with Crippen LogP contribution in [0.1, 0.15) is 44.7 Å². The number of carbonyl (C=O) groups excluding carboxylic acids is 2. The van der Waals surface area contributed by atoms with E-state index in [0.29, 0.717) is 24.7 Å². The van der Waals surface area contributed by atoms with Crippen molar-refractivity contribution in [1.29, 1.82) is 0 Å². The van der Waals surface area contributed by atoms with Crippen LogP contribution in [0.15, 0.2) is 91.0 Å². The Morgan fingerprint density at radius 3 is 1.62 bits per heavy atom. The lowest BCUT2D eigenvalue weighted by molar-refractivity contribution is 0.0412. The maximum Gasteiger partial charge on any atom is 0.254 e. The molecule has 0 radical (unpaired) electrons. The van der Waals surface area contributed by atoms with Crippen LogP contribution < -0.4 is 0 Å². The molecule has 4 aromatic rings. The maximum atomic E-state index is 13.9. The number of likely N-dealkylation sites (tertiary alicyclic amines) is 1. The molecule has 0 atom stereocenters. The monoisotopic (exact) mass is 558 g/mol. The Bertz CT molecular complexity index is 1500. The molecule has 6 rings (SSSR count). The lowest BCUT2D eigenvalue weighted by Gasteiger charge is -2.42. The zero-order valence-corrected chi connectivity index (χ0v) is 24.5. The Labute approximate surface area is 248 Å². The topological polar surface area (TPSA) is 56.8 Å². The van der Waals surface area contributed by atoms with Gasteiger partial charge >= 0.3 is 0 Å². The SMILES string of the molecule is Cc1ccccc1-c1cc(C(=O)N2CCN(C3CCN(C(=O)c4ccccc4)CC3)CC2)cc(-c2ccccc2C)n1. The van der Waals surface area contributed by atoms with Gasteiger partial charge in [-0.3, -0.25) is 14.5 Å². The molecule has 0 saturated carbocycles. The number of hydrogen-bond donors (Lipinski definition) is 0. The Hall–Kier alpha value is -4.29. The van der Waals surface area contributed by atoms with Gasteiger partial charge in [-0.25, -0.2) is 4.98 Å². The van der Waals surface area contributed by atoms with Gasteiger partial charge in [0.25, 0.3) is 11.8 Å². The van der Waals surface area contributed by atoms with E-state index in [2.05, 4.69) is 43.0 Å². The number of amides is 2. The molecule has 2 aliphatic rings. The van der Waals surface area contributed by atoms with Crippen molar-refractivity contribution in [3.8, 4) is 22.5 Å². The van der Waals surface area contributed by atoms with Crippen molar-refractivity contribution >= 4 is 11.8 Å². The number of nitrogens with zero attached hydrogens (tertiary/aromatic N) is 4. The van der Waals surface area contributed by atoms with Crippen molar-refractivity contribution in [2.75, 3.05) is 39.3 Å². The Morgan fingerprint density at radius 2 is 1.07 bits per heavy atom. The zero-order chi connectivity index (χ0) is 29.1. The van der Waals surface area contributed by atoms with Gasteiger partial charge in [0, 0.05) is 67.6 Å². The quantitative estimate of drug-likeness (QED) is 0.297. The van der Waals surface area contributed by atoms with Gasteiger partial charge < -0.3 is 9.80 Å². The highest BCUT2D eigenvalue weighted by molar-refractivity contribution is 5.97. The van der Waals surface area contributed by atoms with Crippen LogP contribution in [0.3, 0.4) is 0 Å².